The SMILES string of the molecule is CCCCNc1ncnc2ccc(Cl)cc12. The quantitative estimate of drug-likeness (QED) is 0.825. The summed E-state index contributed by atoms with van der Waals surface area (Å²) in [6.45, 7) is 3.09. The van der Waals surface area contributed by atoms with Gasteiger partial charge in [-0.3, -0.25) is 0 Å². The van der Waals surface area contributed by atoms with Gasteiger partial charge in [-0.15, -0.1) is 0 Å². The molecule has 0 unspecified atom stereocenters. The largest absolute Gasteiger partial charge is 0.369 e. The first-order chi connectivity index (χ1) is 7.81. The lowest BCUT2D eigenvalue weighted by Gasteiger charge is -2.07. The summed E-state index contributed by atoms with van der Waals surface area (Å²) >= 11 is 5.97. The second-order valence-corrected chi connectivity index (χ2v) is 4.10. The van der Waals surface area contributed by atoms with Gasteiger partial charge in [0, 0.05) is 17.0 Å². The Balaban J connectivity index is 2.32. The smallest absolute Gasteiger partial charge is 0.137 e. The highest BCUT2D eigenvalue weighted by atomic mass is 35.5. The number of benzene rings is 1. The Morgan fingerprint density at radius 2 is 2.19 bits per heavy atom. The van der Waals surface area contributed by atoms with Crippen molar-refractivity contribution in [2.45, 2.75) is 19.8 Å². The number of nitrogens with zero attached hydrogens (tertiary/aromatic N) is 2. The van der Waals surface area contributed by atoms with Gasteiger partial charge in [0.05, 0.1) is 5.52 Å². The molecule has 1 aromatic carbocycles. The molecule has 1 heterocycles. The molecule has 0 saturated heterocycles. The Kier molecular flexibility index (Phi) is 3.57. The fourth-order valence-corrected chi connectivity index (χ4v) is 1.73. The van der Waals surface area contributed by atoms with E-state index in [0.29, 0.717) is 5.02 Å². The molecular formula is C12H14ClN3. The van der Waals surface area contributed by atoms with Crippen molar-refractivity contribution in [1.82, 2.24) is 9.97 Å². The van der Waals surface area contributed by atoms with E-state index in [2.05, 4.69) is 22.2 Å². The lowest BCUT2D eigenvalue weighted by molar-refractivity contribution is 0.831. The van der Waals surface area contributed by atoms with Crippen molar-refractivity contribution in [1.29, 1.82) is 0 Å². The number of hydrogen-bond acceptors (Lipinski definition) is 3. The Bertz CT molecular complexity index is 485. The van der Waals surface area contributed by atoms with Gasteiger partial charge in [0.15, 0.2) is 0 Å². The van der Waals surface area contributed by atoms with Crippen LogP contribution in [0.5, 0.6) is 0 Å². The van der Waals surface area contributed by atoms with Gasteiger partial charge >= 0.3 is 0 Å². The van der Waals surface area contributed by atoms with E-state index in [4.69, 9.17) is 11.6 Å². The number of halogens is 1. The van der Waals surface area contributed by atoms with E-state index in [1.165, 1.54) is 0 Å². The van der Waals surface area contributed by atoms with Crippen LogP contribution in [0.2, 0.25) is 5.02 Å². The molecule has 0 aliphatic heterocycles. The second kappa shape index (κ2) is 5.12. The highest BCUT2D eigenvalue weighted by Crippen LogP contribution is 2.22. The number of aromatic nitrogens is 2. The third-order valence-electron chi connectivity index (χ3n) is 2.42. The van der Waals surface area contributed by atoms with Crippen LogP contribution in [-0.4, -0.2) is 16.5 Å². The van der Waals surface area contributed by atoms with Gasteiger partial charge in [0.2, 0.25) is 0 Å². The van der Waals surface area contributed by atoms with Crippen LogP contribution in [-0.2, 0) is 0 Å². The fraction of sp³-hybridized carbons (Fsp3) is 0.333. The van der Waals surface area contributed by atoms with E-state index < -0.39 is 0 Å². The molecule has 0 fully saturated rings. The van der Waals surface area contributed by atoms with Crippen molar-refractivity contribution in [2.24, 2.45) is 0 Å². The molecule has 4 heteroatoms. The summed E-state index contributed by atoms with van der Waals surface area (Å²) in [5.41, 5.74) is 0.915. The van der Waals surface area contributed by atoms with Crippen LogP contribution in [0.25, 0.3) is 10.9 Å². The minimum atomic E-state index is 0.709. The Hall–Kier alpha value is -1.35. The van der Waals surface area contributed by atoms with Crippen LogP contribution < -0.4 is 5.32 Å². The second-order valence-electron chi connectivity index (χ2n) is 3.66. The Labute approximate surface area is 99.9 Å². The molecule has 1 aromatic heterocycles. The van der Waals surface area contributed by atoms with Crippen LogP contribution in [0.15, 0.2) is 24.5 Å². The summed E-state index contributed by atoms with van der Waals surface area (Å²) in [6, 6.07) is 5.64. The lowest BCUT2D eigenvalue weighted by Crippen LogP contribution is -2.03. The molecule has 0 aliphatic carbocycles. The summed E-state index contributed by atoms with van der Waals surface area (Å²) in [5, 5.41) is 4.99. The van der Waals surface area contributed by atoms with Crippen molar-refractivity contribution >= 4 is 28.3 Å². The van der Waals surface area contributed by atoms with Crippen molar-refractivity contribution in [3.8, 4) is 0 Å². The maximum Gasteiger partial charge on any atom is 0.137 e. The van der Waals surface area contributed by atoms with Gasteiger partial charge < -0.3 is 5.32 Å². The topological polar surface area (TPSA) is 37.8 Å². The normalized spacial score (nSPS) is 10.6. The summed E-state index contributed by atoms with van der Waals surface area (Å²) in [7, 11) is 0. The van der Waals surface area contributed by atoms with E-state index >= 15 is 0 Å². The van der Waals surface area contributed by atoms with Gasteiger partial charge in [0.25, 0.3) is 0 Å². The average Bonchev–Trinajstić information content (AvgIpc) is 2.30. The van der Waals surface area contributed by atoms with Crippen LogP contribution in [0.4, 0.5) is 5.82 Å². The van der Waals surface area contributed by atoms with Crippen molar-refractivity contribution in [2.75, 3.05) is 11.9 Å². The summed E-state index contributed by atoms with van der Waals surface area (Å²) in [4.78, 5) is 8.44. The zero-order chi connectivity index (χ0) is 11.4. The zero-order valence-corrected chi connectivity index (χ0v) is 9.96. The van der Waals surface area contributed by atoms with Crippen molar-refractivity contribution in [3.05, 3.63) is 29.5 Å². The lowest BCUT2D eigenvalue weighted by atomic mass is 10.2. The highest BCUT2D eigenvalue weighted by Gasteiger charge is 2.03. The van der Waals surface area contributed by atoms with Gasteiger partial charge in [-0.05, 0) is 24.6 Å². The molecule has 0 atom stereocenters. The summed E-state index contributed by atoms with van der Waals surface area (Å²) in [6.07, 6.45) is 3.87. The molecule has 0 saturated carbocycles. The molecule has 2 aromatic rings. The molecule has 0 amide bonds. The van der Waals surface area contributed by atoms with Crippen molar-refractivity contribution < 1.29 is 0 Å². The number of nitrogens with one attached hydrogen (secondary N) is 1. The Morgan fingerprint density at radius 3 is 3.00 bits per heavy atom. The van der Waals surface area contributed by atoms with E-state index in [1.54, 1.807) is 6.33 Å². The van der Waals surface area contributed by atoms with Gasteiger partial charge in [0.1, 0.15) is 12.1 Å². The van der Waals surface area contributed by atoms with Crippen LogP contribution in [0.1, 0.15) is 19.8 Å². The monoisotopic (exact) mass is 235 g/mol. The first-order valence-corrected chi connectivity index (χ1v) is 5.83. The van der Waals surface area contributed by atoms with E-state index in [-0.39, 0.29) is 0 Å². The highest BCUT2D eigenvalue weighted by molar-refractivity contribution is 6.31. The van der Waals surface area contributed by atoms with E-state index in [1.807, 2.05) is 18.2 Å². The van der Waals surface area contributed by atoms with Gasteiger partial charge in [-0.2, -0.15) is 0 Å². The molecule has 84 valence electrons. The molecule has 0 aliphatic rings. The first kappa shape index (κ1) is 11.1. The molecule has 0 radical (unpaired) electrons. The van der Waals surface area contributed by atoms with Crippen LogP contribution in [0.3, 0.4) is 0 Å². The minimum absolute atomic E-state index is 0.709. The fourth-order valence-electron chi connectivity index (χ4n) is 1.55. The molecule has 3 nitrogen and oxygen atoms in total. The van der Waals surface area contributed by atoms with Crippen molar-refractivity contribution in [3.63, 3.8) is 0 Å². The minimum Gasteiger partial charge on any atom is -0.369 e. The standard InChI is InChI=1S/C12H14ClN3/c1-2-3-6-14-12-10-7-9(13)4-5-11(10)15-8-16-12/h4-5,7-8H,2-3,6H2,1H3,(H,14,15,16). The maximum absolute atomic E-state index is 5.97. The first-order valence-electron chi connectivity index (χ1n) is 5.45. The molecule has 0 spiro atoms. The summed E-state index contributed by atoms with van der Waals surface area (Å²) in [5.74, 6) is 0.862. The van der Waals surface area contributed by atoms with E-state index in [9.17, 15) is 0 Å². The molecule has 16 heavy (non-hydrogen) atoms. The van der Waals surface area contributed by atoms with Crippen LogP contribution in [0, 0.1) is 0 Å². The third kappa shape index (κ3) is 2.42. The average molecular weight is 236 g/mol. The maximum atomic E-state index is 5.97. The zero-order valence-electron chi connectivity index (χ0n) is 9.20. The third-order valence-corrected chi connectivity index (χ3v) is 2.66. The molecule has 0 bridgehead atoms. The van der Waals surface area contributed by atoms with Gasteiger partial charge in [-0.1, -0.05) is 24.9 Å². The number of anilines is 1. The summed E-state index contributed by atoms with van der Waals surface area (Å²) < 4.78 is 0. The predicted octanol–water partition coefficient (Wildman–Crippen LogP) is 3.50. The molecular weight excluding hydrogens is 222 g/mol. The number of unbranched alkanes of at least 4 members (excludes halogenated alkanes) is 1. The number of rotatable bonds is 4. The molecule has 2 rings (SSSR count). The number of hydrogen-bond donors (Lipinski definition) is 1. The van der Waals surface area contributed by atoms with Crippen LogP contribution >= 0.6 is 11.6 Å². The van der Waals surface area contributed by atoms with E-state index in [0.717, 1.165) is 36.1 Å². The predicted molar refractivity (Wildman–Crippen MR) is 67.9 cm³/mol. The number of fused-ring (bicyclic) bond motifs is 1. The molecule has 1 N–H and O–H groups in total. The van der Waals surface area contributed by atoms with Gasteiger partial charge in [-0.25, -0.2) is 9.97 Å². The Morgan fingerprint density at radius 1 is 1.31 bits per heavy atom.